The first-order chi connectivity index (χ1) is 34.1. The van der Waals surface area contributed by atoms with Gasteiger partial charge in [-0.25, -0.2) is 4.85 Å². The Morgan fingerprint density at radius 2 is 0.714 bits per heavy atom. The SMILES string of the molecule is [C-]#[N+]c1ccc(N(c2ccccc2)c2ccc3c(c2)C(C)(C)c2cc(C=Cc4ccc(C=Cc5ccc6c(c5)C(C)(C)c5cc(N(c7ccccc7)c7ccc(C#N)cc7)ccc5-6)cc4)ccc2-3)cc1. The lowest BCUT2D eigenvalue weighted by Gasteiger charge is -2.28. The molecule has 9 aromatic rings. The highest BCUT2D eigenvalue weighted by atomic mass is 15.1. The van der Waals surface area contributed by atoms with Gasteiger partial charge in [0.25, 0.3) is 0 Å². The highest BCUT2D eigenvalue weighted by Crippen LogP contribution is 2.53. The molecule has 0 saturated carbocycles. The third-order valence-electron chi connectivity index (χ3n) is 14.3. The van der Waals surface area contributed by atoms with Crippen molar-refractivity contribution in [2.24, 2.45) is 0 Å². The molecule has 0 saturated heterocycles. The van der Waals surface area contributed by atoms with Crippen LogP contribution in [0.2, 0.25) is 0 Å². The second-order valence-corrected chi connectivity index (χ2v) is 19.3. The van der Waals surface area contributed by atoms with E-state index in [-0.39, 0.29) is 10.8 Å². The molecular weight excluding hydrogens is 849 g/mol. The summed E-state index contributed by atoms with van der Waals surface area (Å²) in [6, 6.07) is 74.9. The van der Waals surface area contributed by atoms with Crippen molar-refractivity contribution in [1.29, 1.82) is 5.26 Å². The van der Waals surface area contributed by atoms with E-state index in [0.29, 0.717) is 11.3 Å². The Bertz CT molecular complexity index is 3350. The van der Waals surface area contributed by atoms with E-state index < -0.39 is 0 Å². The molecule has 11 rings (SSSR count). The highest BCUT2D eigenvalue weighted by Gasteiger charge is 2.37. The fourth-order valence-electron chi connectivity index (χ4n) is 10.5. The quantitative estimate of drug-likeness (QED) is 0.101. The average molecular weight is 899 g/mol. The van der Waals surface area contributed by atoms with Crippen molar-refractivity contribution in [1.82, 2.24) is 0 Å². The fourth-order valence-corrected chi connectivity index (χ4v) is 10.5. The lowest BCUT2D eigenvalue weighted by molar-refractivity contribution is 0.660. The van der Waals surface area contributed by atoms with E-state index in [1.54, 1.807) is 0 Å². The van der Waals surface area contributed by atoms with Gasteiger partial charge in [-0.3, -0.25) is 0 Å². The fraction of sp³-hybridized carbons (Fsp3) is 0.0909. The molecule has 0 bridgehead atoms. The zero-order valence-electron chi connectivity index (χ0n) is 39.7. The predicted molar refractivity (Wildman–Crippen MR) is 293 cm³/mol. The Morgan fingerprint density at radius 3 is 1.11 bits per heavy atom. The van der Waals surface area contributed by atoms with Crippen LogP contribution in [0.1, 0.15) is 77.8 Å². The van der Waals surface area contributed by atoms with E-state index >= 15 is 0 Å². The first-order valence-corrected chi connectivity index (χ1v) is 23.8. The topological polar surface area (TPSA) is 34.6 Å². The summed E-state index contributed by atoms with van der Waals surface area (Å²) in [5.74, 6) is 0. The maximum Gasteiger partial charge on any atom is 0.187 e. The van der Waals surface area contributed by atoms with E-state index in [9.17, 15) is 5.26 Å². The summed E-state index contributed by atoms with van der Waals surface area (Å²) in [5, 5.41) is 9.46. The molecule has 0 N–H and O–H groups in total. The number of fused-ring (bicyclic) bond motifs is 6. The van der Waals surface area contributed by atoms with Crippen molar-refractivity contribution in [3.8, 4) is 28.3 Å². The molecule has 0 amide bonds. The van der Waals surface area contributed by atoms with Crippen LogP contribution in [0.25, 0.3) is 51.4 Å². The number of anilines is 6. The van der Waals surface area contributed by atoms with Crippen molar-refractivity contribution >= 4 is 64.1 Å². The number of hydrogen-bond donors (Lipinski definition) is 0. The van der Waals surface area contributed by atoms with Gasteiger partial charge in [0.05, 0.1) is 18.2 Å². The number of benzene rings is 9. The minimum atomic E-state index is -0.202. The summed E-state index contributed by atoms with van der Waals surface area (Å²) in [6.07, 6.45) is 8.85. The molecule has 0 radical (unpaired) electrons. The van der Waals surface area contributed by atoms with Crippen LogP contribution in [0.5, 0.6) is 0 Å². The lowest BCUT2D eigenvalue weighted by atomic mass is 9.81. The van der Waals surface area contributed by atoms with Gasteiger partial charge in [-0.05, 0) is 152 Å². The summed E-state index contributed by atoms with van der Waals surface area (Å²) in [5.41, 5.74) is 22.2. The zero-order valence-corrected chi connectivity index (χ0v) is 39.7. The van der Waals surface area contributed by atoms with Crippen molar-refractivity contribution in [2.75, 3.05) is 9.80 Å². The zero-order chi connectivity index (χ0) is 48.0. The third kappa shape index (κ3) is 7.86. The van der Waals surface area contributed by atoms with Crippen molar-refractivity contribution in [2.45, 2.75) is 38.5 Å². The molecule has 70 heavy (non-hydrogen) atoms. The number of hydrogen-bond acceptors (Lipinski definition) is 3. The van der Waals surface area contributed by atoms with Crippen LogP contribution in [-0.4, -0.2) is 0 Å². The van der Waals surface area contributed by atoms with Crippen molar-refractivity contribution < 1.29 is 0 Å². The Labute approximate surface area is 411 Å². The van der Waals surface area contributed by atoms with Crippen LogP contribution in [0.4, 0.5) is 39.8 Å². The van der Waals surface area contributed by atoms with Crippen LogP contribution < -0.4 is 9.80 Å². The van der Waals surface area contributed by atoms with E-state index in [1.165, 1.54) is 55.6 Å². The predicted octanol–water partition coefficient (Wildman–Crippen LogP) is 18.0. The van der Waals surface area contributed by atoms with Crippen LogP contribution in [0, 0.1) is 17.9 Å². The van der Waals surface area contributed by atoms with Gasteiger partial charge in [0, 0.05) is 45.0 Å². The third-order valence-corrected chi connectivity index (χ3v) is 14.3. The largest absolute Gasteiger partial charge is 0.311 e. The van der Waals surface area contributed by atoms with E-state index in [4.69, 9.17) is 6.57 Å². The Morgan fingerprint density at radius 1 is 0.386 bits per heavy atom. The van der Waals surface area contributed by atoms with Gasteiger partial charge >= 0.3 is 0 Å². The van der Waals surface area contributed by atoms with Gasteiger partial charge in [-0.2, -0.15) is 5.26 Å². The molecule has 334 valence electrons. The summed E-state index contributed by atoms with van der Waals surface area (Å²) in [4.78, 5) is 8.15. The molecule has 0 unspecified atom stereocenters. The van der Waals surface area contributed by atoms with Crippen molar-refractivity contribution in [3.63, 3.8) is 0 Å². The highest BCUT2D eigenvalue weighted by molar-refractivity contribution is 5.89. The van der Waals surface area contributed by atoms with Gasteiger partial charge in [0.2, 0.25) is 0 Å². The smallest absolute Gasteiger partial charge is 0.187 e. The van der Waals surface area contributed by atoms with Crippen LogP contribution in [0.15, 0.2) is 206 Å². The average Bonchev–Trinajstić information content (AvgIpc) is 3.76. The number of nitriles is 1. The molecule has 0 heterocycles. The lowest BCUT2D eigenvalue weighted by Crippen LogP contribution is -2.16. The maximum absolute atomic E-state index is 9.46. The Kier molecular flexibility index (Phi) is 11.0. The molecule has 0 aliphatic heterocycles. The molecule has 0 atom stereocenters. The van der Waals surface area contributed by atoms with Crippen LogP contribution in [-0.2, 0) is 10.8 Å². The van der Waals surface area contributed by atoms with Gasteiger partial charge in [-0.15, -0.1) is 0 Å². The number of nitrogens with zero attached hydrogens (tertiary/aromatic N) is 4. The van der Waals surface area contributed by atoms with Gasteiger partial charge in [0.1, 0.15) is 0 Å². The second kappa shape index (κ2) is 17.6. The van der Waals surface area contributed by atoms with E-state index in [1.807, 2.05) is 60.7 Å². The van der Waals surface area contributed by atoms with Crippen LogP contribution >= 0.6 is 0 Å². The molecule has 4 nitrogen and oxygen atoms in total. The van der Waals surface area contributed by atoms with Gasteiger partial charge in [0.15, 0.2) is 5.69 Å². The number of para-hydroxylation sites is 2. The van der Waals surface area contributed by atoms with E-state index in [2.05, 4.69) is 218 Å². The first kappa shape index (κ1) is 43.6. The normalized spacial score (nSPS) is 13.5. The van der Waals surface area contributed by atoms with Gasteiger partial charge < -0.3 is 9.80 Å². The summed E-state index contributed by atoms with van der Waals surface area (Å²) >= 11 is 0. The number of rotatable bonds is 10. The Balaban J connectivity index is 0.796. The standard InChI is InChI=1S/C66H50N4/c1-65(2)61-40-47(26-36-57(61)59-38-34-55(42-63(59)65)69(51-12-8-6-9-13-51)53-30-24-49(44-67)25-31-53)22-20-45-16-18-46(19-17-45)21-23-48-27-37-58-60-39-35-56(43-64(60)66(3,4)62(58)41-48)70(52-14-10-7-11-15-52)54-32-28-50(68-5)29-33-54/h6-43H,1-4H3. The van der Waals surface area contributed by atoms with Crippen LogP contribution in [0.3, 0.4) is 0 Å². The minimum Gasteiger partial charge on any atom is -0.311 e. The maximum atomic E-state index is 9.46. The molecule has 0 aromatic heterocycles. The van der Waals surface area contributed by atoms with E-state index in [0.717, 1.165) is 45.3 Å². The second-order valence-electron chi connectivity index (χ2n) is 19.3. The summed E-state index contributed by atoms with van der Waals surface area (Å²) < 4.78 is 0. The molecule has 0 spiro atoms. The first-order valence-electron chi connectivity index (χ1n) is 23.8. The molecule has 2 aliphatic rings. The molecular formula is C66H50N4. The molecule has 2 aliphatic carbocycles. The summed E-state index contributed by atoms with van der Waals surface area (Å²) in [7, 11) is 0. The van der Waals surface area contributed by atoms with Gasteiger partial charge in [-0.1, -0.05) is 173 Å². The van der Waals surface area contributed by atoms with Crippen molar-refractivity contribution in [3.05, 3.63) is 268 Å². The Hall–Kier alpha value is -8.96. The molecule has 4 heteroatoms. The molecule has 0 fully saturated rings. The monoisotopic (exact) mass is 898 g/mol. The summed E-state index contributed by atoms with van der Waals surface area (Å²) in [6.45, 7) is 16.8. The minimum absolute atomic E-state index is 0.199. The molecule has 9 aromatic carbocycles.